The van der Waals surface area contributed by atoms with Crippen LogP contribution in [0.1, 0.15) is 74.7 Å². The van der Waals surface area contributed by atoms with Gasteiger partial charge < -0.3 is 0 Å². The maximum Gasteiger partial charge on any atom is 0.167 e. The van der Waals surface area contributed by atoms with Gasteiger partial charge in [-0.2, -0.15) is 0 Å². The fraction of sp³-hybridized carbons (Fsp3) is 0.720. The maximum atomic E-state index is 14.0. The first-order chi connectivity index (χ1) is 13.6. The number of fused-ring (bicyclic) bond motifs is 1. The molecule has 0 amide bonds. The second-order valence-corrected chi connectivity index (χ2v) is 11.1. The predicted molar refractivity (Wildman–Crippen MR) is 113 cm³/mol. The molecule has 5 nitrogen and oxygen atoms in total. The molecule has 3 rings (SSSR count). The van der Waals surface area contributed by atoms with E-state index in [0.29, 0.717) is 0 Å². The van der Waals surface area contributed by atoms with Crippen LogP contribution in [0.5, 0.6) is 0 Å². The lowest BCUT2D eigenvalue weighted by Crippen LogP contribution is -2.64. The largest absolute Gasteiger partial charge is 0.300 e. The van der Waals surface area contributed by atoms with Gasteiger partial charge in [-0.3, -0.25) is 24.0 Å². The van der Waals surface area contributed by atoms with E-state index in [1.165, 1.54) is 6.92 Å². The van der Waals surface area contributed by atoms with E-state index in [1.807, 2.05) is 33.8 Å². The van der Waals surface area contributed by atoms with Crippen LogP contribution in [0.2, 0.25) is 0 Å². The number of allylic oxidation sites excluding steroid dienone is 2. The molecule has 0 aromatic carbocycles. The van der Waals surface area contributed by atoms with E-state index in [-0.39, 0.29) is 36.6 Å². The quantitative estimate of drug-likeness (QED) is 0.503. The fourth-order valence-electron chi connectivity index (χ4n) is 6.77. The number of carbonyl (C=O) groups excluding carboxylic acids is 5. The average Bonchev–Trinajstić information content (AvgIpc) is 3.03. The van der Waals surface area contributed by atoms with Crippen LogP contribution in [-0.2, 0) is 24.0 Å². The zero-order chi connectivity index (χ0) is 23.0. The van der Waals surface area contributed by atoms with E-state index in [2.05, 4.69) is 0 Å². The van der Waals surface area contributed by atoms with Gasteiger partial charge in [0.15, 0.2) is 23.1 Å². The highest BCUT2D eigenvalue weighted by Gasteiger charge is 2.83. The molecule has 2 bridgehead atoms. The molecule has 0 heterocycles. The van der Waals surface area contributed by atoms with Crippen molar-refractivity contribution < 1.29 is 24.0 Å². The van der Waals surface area contributed by atoms with Crippen molar-refractivity contribution in [3.63, 3.8) is 0 Å². The molecule has 3 aliphatic rings. The third-order valence-corrected chi connectivity index (χ3v) is 8.37. The smallest absolute Gasteiger partial charge is 0.167 e. The molecule has 0 aliphatic heterocycles. The van der Waals surface area contributed by atoms with E-state index in [0.717, 1.165) is 5.57 Å². The van der Waals surface area contributed by atoms with E-state index in [1.54, 1.807) is 20.8 Å². The van der Waals surface area contributed by atoms with Crippen molar-refractivity contribution in [3.8, 4) is 0 Å². The zero-order valence-electron chi connectivity index (χ0n) is 19.5. The van der Waals surface area contributed by atoms with Crippen molar-refractivity contribution in [2.75, 3.05) is 0 Å². The first kappa shape index (κ1) is 22.8. The molecule has 3 fully saturated rings. The van der Waals surface area contributed by atoms with Gasteiger partial charge in [-0.1, -0.05) is 39.3 Å². The number of carbonyl (C=O) groups is 5. The number of ketones is 5. The summed E-state index contributed by atoms with van der Waals surface area (Å²) < 4.78 is 0. The van der Waals surface area contributed by atoms with Gasteiger partial charge in [0.25, 0.3) is 0 Å². The van der Waals surface area contributed by atoms with E-state index < -0.39 is 51.0 Å². The summed E-state index contributed by atoms with van der Waals surface area (Å²) in [4.78, 5) is 67.8. The van der Waals surface area contributed by atoms with E-state index in [9.17, 15) is 24.0 Å². The van der Waals surface area contributed by atoms with Crippen molar-refractivity contribution in [2.45, 2.75) is 74.7 Å². The highest BCUT2D eigenvalue weighted by atomic mass is 16.2. The minimum absolute atomic E-state index is 0.0481. The molecule has 5 atom stereocenters. The Labute approximate surface area is 179 Å². The Balaban J connectivity index is 2.32. The number of hydrogen-bond donors (Lipinski definition) is 0. The lowest BCUT2D eigenvalue weighted by Gasteiger charge is -2.44. The van der Waals surface area contributed by atoms with Crippen molar-refractivity contribution in [3.05, 3.63) is 11.6 Å². The van der Waals surface area contributed by atoms with Crippen LogP contribution >= 0.6 is 0 Å². The highest BCUT2D eigenvalue weighted by Crippen LogP contribution is 2.72. The summed E-state index contributed by atoms with van der Waals surface area (Å²) in [6, 6.07) is 0. The highest BCUT2D eigenvalue weighted by molar-refractivity contribution is 6.40. The average molecular weight is 415 g/mol. The molecular weight excluding hydrogens is 380 g/mol. The SMILES string of the molecule is CC(=O)[C@@H]1C[C@]23C(=O)[C@@](C)(CC=C(C)C)C(=O)[C@](C(=O)C(C)C)(C[C@H]2C1(C)C)C3=O. The van der Waals surface area contributed by atoms with Crippen molar-refractivity contribution in [1.29, 1.82) is 0 Å². The van der Waals surface area contributed by atoms with Gasteiger partial charge in [-0.25, -0.2) is 0 Å². The van der Waals surface area contributed by atoms with Crippen molar-refractivity contribution >= 4 is 28.9 Å². The Morgan fingerprint density at radius 3 is 2.00 bits per heavy atom. The molecule has 30 heavy (non-hydrogen) atoms. The monoisotopic (exact) mass is 414 g/mol. The molecule has 5 heteroatoms. The zero-order valence-corrected chi connectivity index (χ0v) is 19.5. The second kappa shape index (κ2) is 6.54. The molecular formula is C25H34O5. The van der Waals surface area contributed by atoms with Gasteiger partial charge in [0.2, 0.25) is 0 Å². The first-order valence-corrected chi connectivity index (χ1v) is 10.9. The standard InChI is InChI=1S/C25H34O5/c1-13(2)9-10-23(8)19(28)24-11-16(15(5)26)22(6,7)17(24)12-25(20(23)29,21(24)30)18(27)14(3)4/h9,14,16-17H,10-12H2,1-8H3/t16-,17-,23+,24+,25+/m0/s1. The molecule has 3 aliphatic carbocycles. The topological polar surface area (TPSA) is 85.3 Å². The summed E-state index contributed by atoms with van der Waals surface area (Å²) in [6.45, 7) is 14.1. The van der Waals surface area contributed by atoms with Crippen LogP contribution in [0.4, 0.5) is 0 Å². The first-order valence-electron chi connectivity index (χ1n) is 10.9. The van der Waals surface area contributed by atoms with Crippen LogP contribution in [-0.4, -0.2) is 28.9 Å². The number of rotatable bonds is 5. The van der Waals surface area contributed by atoms with E-state index >= 15 is 0 Å². The van der Waals surface area contributed by atoms with Crippen molar-refractivity contribution in [2.24, 2.45) is 39.4 Å². The van der Waals surface area contributed by atoms with Crippen LogP contribution in [0.25, 0.3) is 0 Å². The van der Waals surface area contributed by atoms with Gasteiger partial charge in [-0.15, -0.1) is 0 Å². The van der Waals surface area contributed by atoms with Gasteiger partial charge >= 0.3 is 0 Å². The summed E-state index contributed by atoms with van der Waals surface area (Å²) in [6.07, 6.45) is 2.18. The number of hydrogen-bond acceptors (Lipinski definition) is 5. The molecule has 0 radical (unpaired) electrons. The second-order valence-electron chi connectivity index (χ2n) is 11.1. The lowest BCUT2D eigenvalue weighted by molar-refractivity contribution is -0.167. The Bertz CT molecular complexity index is 902. The molecule has 0 unspecified atom stereocenters. The summed E-state index contributed by atoms with van der Waals surface area (Å²) in [5, 5.41) is 0. The Kier molecular flexibility index (Phi) is 4.97. The normalized spacial score (nSPS) is 39.3. The minimum Gasteiger partial charge on any atom is -0.300 e. The van der Waals surface area contributed by atoms with Gasteiger partial charge in [0, 0.05) is 11.8 Å². The van der Waals surface area contributed by atoms with Crippen LogP contribution in [0.15, 0.2) is 11.6 Å². The third-order valence-electron chi connectivity index (χ3n) is 8.37. The minimum atomic E-state index is -1.77. The molecule has 0 aromatic heterocycles. The Morgan fingerprint density at radius 1 is 0.967 bits per heavy atom. The molecule has 1 spiro atoms. The summed E-state index contributed by atoms with van der Waals surface area (Å²) >= 11 is 0. The molecule has 164 valence electrons. The van der Waals surface area contributed by atoms with Crippen molar-refractivity contribution in [1.82, 2.24) is 0 Å². The van der Waals surface area contributed by atoms with Crippen LogP contribution in [0.3, 0.4) is 0 Å². The Morgan fingerprint density at radius 2 is 1.53 bits per heavy atom. The number of Topliss-reactive ketones (excluding diaryl/α,β-unsaturated/α-hetero) is 5. The van der Waals surface area contributed by atoms with Gasteiger partial charge in [-0.05, 0) is 58.3 Å². The van der Waals surface area contributed by atoms with Crippen LogP contribution < -0.4 is 0 Å². The summed E-state index contributed by atoms with van der Waals surface area (Å²) in [7, 11) is 0. The van der Waals surface area contributed by atoms with Gasteiger partial charge in [0.05, 0.1) is 10.8 Å². The molecule has 0 saturated heterocycles. The van der Waals surface area contributed by atoms with E-state index in [4.69, 9.17) is 0 Å². The maximum absolute atomic E-state index is 14.0. The Hall–Kier alpha value is -1.91. The fourth-order valence-corrected chi connectivity index (χ4v) is 6.77. The third kappa shape index (κ3) is 2.44. The van der Waals surface area contributed by atoms with Crippen LogP contribution in [0, 0.1) is 39.4 Å². The lowest BCUT2D eigenvalue weighted by atomic mass is 9.52. The molecule has 0 aromatic rings. The predicted octanol–water partition coefficient (Wildman–Crippen LogP) is 3.92. The van der Waals surface area contributed by atoms with Gasteiger partial charge in [0.1, 0.15) is 11.2 Å². The summed E-state index contributed by atoms with van der Waals surface area (Å²) in [5.74, 6) is -3.29. The molecule has 0 N–H and O–H groups in total. The summed E-state index contributed by atoms with van der Waals surface area (Å²) in [5.41, 5.74) is -4.31. The molecule has 3 saturated carbocycles.